The smallest absolute Gasteiger partial charge is 0.358 e. The van der Waals surface area contributed by atoms with Gasteiger partial charge in [-0.25, -0.2) is 19.6 Å². The zero-order chi connectivity index (χ0) is 25.9. The number of hydrogen-bond donors (Lipinski definition) is 2. The second-order valence-corrected chi connectivity index (χ2v) is 8.99. The Bertz CT molecular complexity index is 1300. The standard InChI is InChI=1S/C26H31N7O4/c1-4-27-26(35)28-18-8-6-17(7-9-18)23-29-22-19(24(30-23)32-12-13-36-15-16(32)3)10-11-33-21(22)14-20(31-33)25(34)37-5-2/h6-9,14,16H,4-5,10-13,15H2,1-3H3,(H2,27,28,35)/t16-/m0/s1. The molecular formula is C26H31N7O4. The van der Waals surface area contributed by atoms with E-state index in [1.54, 1.807) is 13.0 Å². The maximum atomic E-state index is 12.4. The summed E-state index contributed by atoms with van der Waals surface area (Å²) in [6.45, 7) is 9.20. The fourth-order valence-corrected chi connectivity index (χ4v) is 4.66. The summed E-state index contributed by atoms with van der Waals surface area (Å²) in [6, 6.07) is 9.08. The number of aromatic nitrogens is 4. The Labute approximate surface area is 215 Å². The minimum absolute atomic E-state index is 0.159. The number of ether oxygens (including phenoxy) is 2. The highest BCUT2D eigenvalue weighted by molar-refractivity contribution is 5.90. The topological polar surface area (TPSA) is 124 Å². The summed E-state index contributed by atoms with van der Waals surface area (Å²) in [5.41, 5.74) is 4.32. The number of esters is 1. The van der Waals surface area contributed by atoms with Crippen molar-refractivity contribution in [3.8, 4) is 22.8 Å². The Morgan fingerprint density at radius 2 is 1.97 bits per heavy atom. The van der Waals surface area contributed by atoms with Crippen LogP contribution in [0, 0.1) is 0 Å². The molecule has 1 atom stereocenters. The number of nitrogens with zero attached hydrogens (tertiary/aromatic N) is 5. The second kappa shape index (κ2) is 10.6. The van der Waals surface area contributed by atoms with Crippen molar-refractivity contribution in [2.75, 3.05) is 43.1 Å². The molecule has 0 saturated carbocycles. The number of carbonyl (C=O) groups is 2. The van der Waals surface area contributed by atoms with Gasteiger partial charge in [-0.3, -0.25) is 4.68 Å². The zero-order valence-electron chi connectivity index (χ0n) is 21.3. The van der Waals surface area contributed by atoms with Gasteiger partial charge in [-0.05, 0) is 51.5 Å². The van der Waals surface area contributed by atoms with Gasteiger partial charge in [0, 0.05) is 42.5 Å². The molecule has 37 heavy (non-hydrogen) atoms. The van der Waals surface area contributed by atoms with Gasteiger partial charge in [0.1, 0.15) is 5.82 Å². The predicted octanol–water partition coefficient (Wildman–Crippen LogP) is 3.11. The molecule has 2 aromatic heterocycles. The Balaban J connectivity index is 1.57. The van der Waals surface area contributed by atoms with Crippen LogP contribution in [0.4, 0.5) is 16.3 Å². The summed E-state index contributed by atoms with van der Waals surface area (Å²) in [5.74, 6) is 0.993. The lowest BCUT2D eigenvalue weighted by atomic mass is 10.0. The number of rotatable bonds is 6. The van der Waals surface area contributed by atoms with Crippen LogP contribution in [0.15, 0.2) is 30.3 Å². The van der Waals surface area contributed by atoms with Gasteiger partial charge in [0.05, 0.1) is 37.3 Å². The first-order chi connectivity index (χ1) is 18.0. The minimum atomic E-state index is -0.447. The molecule has 11 heteroatoms. The number of carbonyl (C=O) groups excluding carboxylic acids is 2. The summed E-state index contributed by atoms with van der Waals surface area (Å²) in [5, 5.41) is 10.0. The van der Waals surface area contributed by atoms with Crippen molar-refractivity contribution in [1.29, 1.82) is 0 Å². The van der Waals surface area contributed by atoms with Crippen LogP contribution >= 0.6 is 0 Å². The number of nitrogens with one attached hydrogen (secondary N) is 2. The number of amides is 2. The van der Waals surface area contributed by atoms with Crippen LogP contribution in [0.1, 0.15) is 36.8 Å². The zero-order valence-corrected chi connectivity index (χ0v) is 21.3. The van der Waals surface area contributed by atoms with Crippen LogP contribution in [0.25, 0.3) is 22.8 Å². The van der Waals surface area contributed by atoms with Crippen LogP contribution < -0.4 is 15.5 Å². The van der Waals surface area contributed by atoms with Crippen molar-refractivity contribution < 1.29 is 19.1 Å². The quantitative estimate of drug-likeness (QED) is 0.490. The average molecular weight is 506 g/mol. The van der Waals surface area contributed by atoms with Gasteiger partial charge in [0.15, 0.2) is 11.5 Å². The first-order valence-corrected chi connectivity index (χ1v) is 12.6. The molecule has 0 radical (unpaired) electrons. The van der Waals surface area contributed by atoms with Crippen LogP contribution in [0.5, 0.6) is 0 Å². The Hall–Kier alpha value is -3.99. The average Bonchev–Trinajstić information content (AvgIpc) is 3.34. The molecule has 2 aliphatic heterocycles. The monoisotopic (exact) mass is 505 g/mol. The van der Waals surface area contributed by atoms with Crippen LogP contribution in [-0.4, -0.2) is 70.7 Å². The Morgan fingerprint density at radius 1 is 1.16 bits per heavy atom. The Kier molecular flexibility index (Phi) is 7.04. The van der Waals surface area contributed by atoms with E-state index < -0.39 is 5.97 Å². The van der Waals surface area contributed by atoms with Crippen molar-refractivity contribution in [2.45, 2.75) is 39.8 Å². The highest BCUT2D eigenvalue weighted by atomic mass is 16.5. The number of benzene rings is 1. The second-order valence-electron chi connectivity index (χ2n) is 8.99. The number of fused-ring (bicyclic) bond motifs is 3. The first kappa shape index (κ1) is 24.7. The molecule has 0 unspecified atom stereocenters. The van der Waals surface area contributed by atoms with Gasteiger partial charge in [-0.2, -0.15) is 5.10 Å². The van der Waals surface area contributed by atoms with E-state index >= 15 is 0 Å². The number of anilines is 2. The van der Waals surface area contributed by atoms with Crippen molar-refractivity contribution >= 4 is 23.5 Å². The van der Waals surface area contributed by atoms with Crippen molar-refractivity contribution in [1.82, 2.24) is 25.1 Å². The molecule has 3 aromatic rings. The molecule has 1 saturated heterocycles. The molecule has 4 heterocycles. The van der Waals surface area contributed by atoms with E-state index in [1.165, 1.54) is 0 Å². The van der Waals surface area contributed by atoms with Gasteiger partial charge in [-0.1, -0.05) is 0 Å². The maximum Gasteiger partial charge on any atom is 0.358 e. The summed E-state index contributed by atoms with van der Waals surface area (Å²) < 4.78 is 12.7. The van der Waals surface area contributed by atoms with E-state index in [0.717, 1.165) is 34.9 Å². The normalized spacial score (nSPS) is 16.5. The summed E-state index contributed by atoms with van der Waals surface area (Å²) >= 11 is 0. The van der Waals surface area contributed by atoms with E-state index in [9.17, 15) is 9.59 Å². The van der Waals surface area contributed by atoms with Gasteiger partial charge in [-0.15, -0.1) is 0 Å². The van der Waals surface area contributed by atoms with Crippen LogP contribution in [-0.2, 0) is 22.4 Å². The van der Waals surface area contributed by atoms with Crippen molar-refractivity contribution in [2.24, 2.45) is 0 Å². The summed E-state index contributed by atoms with van der Waals surface area (Å²) in [4.78, 5) is 36.5. The number of hydrogen-bond acceptors (Lipinski definition) is 8. The van der Waals surface area contributed by atoms with E-state index in [-0.39, 0.29) is 24.4 Å². The lowest BCUT2D eigenvalue weighted by molar-refractivity contribution is 0.0518. The van der Waals surface area contributed by atoms with Gasteiger partial charge < -0.3 is 25.0 Å². The third-order valence-corrected chi connectivity index (χ3v) is 6.44. The van der Waals surface area contributed by atoms with E-state index in [4.69, 9.17) is 19.4 Å². The maximum absolute atomic E-state index is 12.4. The third kappa shape index (κ3) is 4.99. The Morgan fingerprint density at radius 3 is 2.70 bits per heavy atom. The highest BCUT2D eigenvalue weighted by Crippen LogP contribution is 2.37. The number of aryl methyl sites for hydroxylation is 1. The fourth-order valence-electron chi connectivity index (χ4n) is 4.66. The molecule has 1 fully saturated rings. The van der Waals surface area contributed by atoms with Crippen molar-refractivity contribution in [3.05, 3.63) is 41.6 Å². The van der Waals surface area contributed by atoms with Gasteiger partial charge >= 0.3 is 12.0 Å². The minimum Gasteiger partial charge on any atom is -0.461 e. The molecule has 5 rings (SSSR count). The lowest BCUT2D eigenvalue weighted by Gasteiger charge is -2.36. The molecule has 1 aromatic carbocycles. The fraction of sp³-hybridized carbons (Fsp3) is 0.423. The molecule has 11 nitrogen and oxygen atoms in total. The van der Waals surface area contributed by atoms with E-state index in [2.05, 4.69) is 27.6 Å². The lowest BCUT2D eigenvalue weighted by Crippen LogP contribution is -2.45. The van der Waals surface area contributed by atoms with E-state index in [1.807, 2.05) is 35.9 Å². The van der Waals surface area contributed by atoms with Crippen LogP contribution in [0.3, 0.4) is 0 Å². The number of urea groups is 1. The molecular weight excluding hydrogens is 474 g/mol. The third-order valence-electron chi connectivity index (χ3n) is 6.44. The first-order valence-electron chi connectivity index (χ1n) is 12.6. The summed E-state index contributed by atoms with van der Waals surface area (Å²) in [6.07, 6.45) is 0.696. The van der Waals surface area contributed by atoms with Crippen molar-refractivity contribution in [3.63, 3.8) is 0 Å². The SMILES string of the molecule is CCNC(=O)Nc1ccc(-c2nc3c(c(N4CCOC[C@@H]4C)n2)CCn2nc(C(=O)OCC)cc2-3)cc1. The molecule has 0 bridgehead atoms. The molecule has 0 spiro atoms. The molecule has 194 valence electrons. The molecule has 2 aliphatic rings. The van der Waals surface area contributed by atoms with E-state index in [0.29, 0.717) is 44.2 Å². The molecule has 2 amide bonds. The number of morpholine rings is 1. The predicted molar refractivity (Wildman–Crippen MR) is 139 cm³/mol. The highest BCUT2D eigenvalue weighted by Gasteiger charge is 2.31. The van der Waals surface area contributed by atoms with Gasteiger partial charge in [0.2, 0.25) is 0 Å². The molecule has 2 N–H and O–H groups in total. The largest absolute Gasteiger partial charge is 0.461 e. The molecule has 0 aliphatic carbocycles. The summed E-state index contributed by atoms with van der Waals surface area (Å²) in [7, 11) is 0. The van der Waals surface area contributed by atoms with Gasteiger partial charge in [0.25, 0.3) is 0 Å². The van der Waals surface area contributed by atoms with Crippen LogP contribution in [0.2, 0.25) is 0 Å².